The molecule has 0 nitrogen and oxygen atoms in total. The maximum atomic E-state index is 2.30. The van der Waals surface area contributed by atoms with E-state index < -0.39 is 0 Å². The van der Waals surface area contributed by atoms with E-state index in [0.29, 0.717) is 5.92 Å². The van der Waals surface area contributed by atoms with Crippen LogP contribution in [0.1, 0.15) is 26.2 Å². The van der Waals surface area contributed by atoms with Crippen molar-refractivity contribution in [2.75, 3.05) is 0 Å². The first-order valence-electron chi connectivity index (χ1n) is 4.42. The summed E-state index contributed by atoms with van der Waals surface area (Å²) in [6.45, 7) is 2.17. The van der Waals surface area contributed by atoms with E-state index in [1.807, 2.05) is 0 Å². The van der Waals surface area contributed by atoms with Crippen molar-refractivity contribution in [1.29, 1.82) is 0 Å². The highest BCUT2D eigenvalue weighted by Gasteiger charge is 1.97. The number of rotatable bonds is 2. The summed E-state index contributed by atoms with van der Waals surface area (Å²) >= 11 is 0. The summed E-state index contributed by atoms with van der Waals surface area (Å²) in [4.78, 5) is 0. The molecule has 0 aromatic carbocycles. The molecule has 0 heteroatoms. The summed E-state index contributed by atoms with van der Waals surface area (Å²) in [6.07, 6.45) is 17.0. The third-order valence-corrected chi connectivity index (χ3v) is 1.85. The Kier molecular flexibility index (Phi) is 3.74. The minimum atomic E-state index is 0.647. The molecule has 0 amide bonds. The van der Waals surface area contributed by atoms with Gasteiger partial charge in [0.2, 0.25) is 0 Å². The average molecular weight is 148 g/mol. The van der Waals surface area contributed by atoms with Crippen LogP contribution in [0.15, 0.2) is 36.5 Å². The standard InChI is InChI=1S/C11H16/c1-2-3-8-11-9-6-4-5-7-10-11/h3-4,6-8,10-11H,2,5,9H2,1H3/b8-3+/t11-/m1/s1. The van der Waals surface area contributed by atoms with Crippen molar-refractivity contribution in [2.45, 2.75) is 26.2 Å². The highest BCUT2D eigenvalue weighted by Crippen LogP contribution is 2.12. The predicted molar refractivity (Wildman–Crippen MR) is 50.4 cm³/mol. The van der Waals surface area contributed by atoms with Gasteiger partial charge in [-0.05, 0) is 25.2 Å². The molecule has 1 aliphatic rings. The molecule has 0 bridgehead atoms. The van der Waals surface area contributed by atoms with Crippen LogP contribution < -0.4 is 0 Å². The second kappa shape index (κ2) is 4.95. The highest BCUT2D eigenvalue weighted by molar-refractivity contribution is 5.08. The van der Waals surface area contributed by atoms with Crippen molar-refractivity contribution in [3.8, 4) is 0 Å². The van der Waals surface area contributed by atoms with Gasteiger partial charge in [0, 0.05) is 0 Å². The first-order valence-corrected chi connectivity index (χ1v) is 4.42. The van der Waals surface area contributed by atoms with Gasteiger partial charge in [-0.1, -0.05) is 43.4 Å². The lowest BCUT2D eigenvalue weighted by Gasteiger charge is -2.00. The molecule has 0 spiro atoms. The third-order valence-electron chi connectivity index (χ3n) is 1.85. The zero-order chi connectivity index (χ0) is 7.94. The molecule has 0 saturated heterocycles. The van der Waals surface area contributed by atoms with Crippen molar-refractivity contribution >= 4 is 0 Å². The minimum Gasteiger partial charge on any atom is -0.0882 e. The van der Waals surface area contributed by atoms with Crippen LogP contribution in [0.4, 0.5) is 0 Å². The van der Waals surface area contributed by atoms with Crippen LogP contribution in [-0.4, -0.2) is 0 Å². The molecule has 0 aromatic heterocycles. The van der Waals surface area contributed by atoms with Crippen LogP contribution in [0.2, 0.25) is 0 Å². The molecular formula is C11H16. The molecule has 1 atom stereocenters. The van der Waals surface area contributed by atoms with Gasteiger partial charge in [0.1, 0.15) is 0 Å². The van der Waals surface area contributed by atoms with Crippen LogP contribution in [0.5, 0.6) is 0 Å². The summed E-state index contributed by atoms with van der Waals surface area (Å²) in [5.74, 6) is 0.647. The molecule has 0 unspecified atom stereocenters. The fourth-order valence-electron chi connectivity index (χ4n) is 1.21. The highest BCUT2D eigenvalue weighted by atomic mass is 14.0. The largest absolute Gasteiger partial charge is 0.0882 e. The zero-order valence-corrected chi connectivity index (χ0v) is 7.16. The van der Waals surface area contributed by atoms with Crippen LogP contribution in [0.25, 0.3) is 0 Å². The summed E-state index contributed by atoms with van der Waals surface area (Å²) in [5.41, 5.74) is 0. The fraction of sp³-hybridized carbons (Fsp3) is 0.455. The lowest BCUT2D eigenvalue weighted by atomic mass is 10.1. The van der Waals surface area contributed by atoms with Gasteiger partial charge in [0.15, 0.2) is 0 Å². The molecule has 0 fully saturated rings. The first kappa shape index (κ1) is 8.32. The second-order valence-electron chi connectivity index (χ2n) is 2.87. The lowest BCUT2D eigenvalue weighted by molar-refractivity contribution is 0.830. The van der Waals surface area contributed by atoms with Crippen molar-refractivity contribution in [1.82, 2.24) is 0 Å². The normalized spacial score (nSPS) is 24.3. The summed E-state index contributed by atoms with van der Waals surface area (Å²) in [6, 6.07) is 0. The zero-order valence-electron chi connectivity index (χ0n) is 7.16. The number of allylic oxidation sites excluding steroid dienone is 6. The van der Waals surface area contributed by atoms with E-state index in [0.717, 1.165) is 12.8 Å². The van der Waals surface area contributed by atoms with Crippen molar-refractivity contribution < 1.29 is 0 Å². The lowest BCUT2D eigenvalue weighted by Crippen LogP contribution is -1.86. The summed E-state index contributed by atoms with van der Waals surface area (Å²) < 4.78 is 0. The Morgan fingerprint density at radius 2 is 2.27 bits per heavy atom. The van der Waals surface area contributed by atoms with E-state index in [1.165, 1.54) is 6.42 Å². The maximum Gasteiger partial charge on any atom is -0.00189 e. The van der Waals surface area contributed by atoms with E-state index >= 15 is 0 Å². The molecule has 1 aliphatic carbocycles. The van der Waals surface area contributed by atoms with Crippen LogP contribution in [-0.2, 0) is 0 Å². The molecule has 0 aliphatic heterocycles. The van der Waals surface area contributed by atoms with Crippen molar-refractivity contribution in [3.05, 3.63) is 36.5 Å². The number of hydrogen-bond donors (Lipinski definition) is 0. The Hall–Kier alpha value is -0.780. The van der Waals surface area contributed by atoms with Gasteiger partial charge in [-0.3, -0.25) is 0 Å². The van der Waals surface area contributed by atoms with Crippen LogP contribution >= 0.6 is 0 Å². The monoisotopic (exact) mass is 148 g/mol. The van der Waals surface area contributed by atoms with Gasteiger partial charge < -0.3 is 0 Å². The van der Waals surface area contributed by atoms with E-state index in [9.17, 15) is 0 Å². The van der Waals surface area contributed by atoms with Crippen LogP contribution in [0.3, 0.4) is 0 Å². The summed E-state index contributed by atoms with van der Waals surface area (Å²) in [5, 5.41) is 0. The van der Waals surface area contributed by atoms with E-state index in [1.54, 1.807) is 0 Å². The molecule has 0 N–H and O–H groups in total. The van der Waals surface area contributed by atoms with Crippen molar-refractivity contribution in [2.24, 2.45) is 5.92 Å². The SMILES string of the molecule is CC/C=C/[C@H]1C=CCC=CC1. The Balaban J connectivity index is 2.44. The second-order valence-corrected chi connectivity index (χ2v) is 2.87. The quantitative estimate of drug-likeness (QED) is 0.526. The summed E-state index contributed by atoms with van der Waals surface area (Å²) in [7, 11) is 0. The van der Waals surface area contributed by atoms with Gasteiger partial charge >= 0.3 is 0 Å². The molecule has 60 valence electrons. The Morgan fingerprint density at radius 1 is 1.36 bits per heavy atom. The molecule has 0 radical (unpaired) electrons. The Labute approximate surface area is 69.3 Å². The van der Waals surface area contributed by atoms with E-state index in [4.69, 9.17) is 0 Å². The molecule has 0 heterocycles. The van der Waals surface area contributed by atoms with E-state index in [2.05, 4.69) is 43.4 Å². The van der Waals surface area contributed by atoms with Gasteiger partial charge in [0.05, 0.1) is 0 Å². The van der Waals surface area contributed by atoms with Gasteiger partial charge in [-0.15, -0.1) is 0 Å². The topological polar surface area (TPSA) is 0 Å². The average Bonchev–Trinajstić information content (AvgIpc) is 2.28. The Morgan fingerprint density at radius 3 is 3.09 bits per heavy atom. The predicted octanol–water partition coefficient (Wildman–Crippen LogP) is 3.48. The third kappa shape index (κ3) is 3.22. The Bertz CT molecular complexity index is 172. The van der Waals surface area contributed by atoms with E-state index in [-0.39, 0.29) is 0 Å². The molecule has 0 aromatic rings. The van der Waals surface area contributed by atoms with Gasteiger partial charge in [-0.2, -0.15) is 0 Å². The minimum absolute atomic E-state index is 0.647. The van der Waals surface area contributed by atoms with Crippen molar-refractivity contribution in [3.63, 3.8) is 0 Å². The van der Waals surface area contributed by atoms with Crippen LogP contribution in [0, 0.1) is 5.92 Å². The fourth-order valence-corrected chi connectivity index (χ4v) is 1.21. The maximum absolute atomic E-state index is 2.30. The molecular weight excluding hydrogens is 132 g/mol. The molecule has 0 saturated carbocycles. The number of hydrogen-bond acceptors (Lipinski definition) is 0. The molecule has 11 heavy (non-hydrogen) atoms. The van der Waals surface area contributed by atoms with Gasteiger partial charge in [0.25, 0.3) is 0 Å². The molecule has 1 rings (SSSR count). The van der Waals surface area contributed by atoms with Gasteiger partial charge in [-0.25, -0.2) is 0 Å². The smallest absolute Gasteiger partial charge is 0.00189 e. The first-order chi connectivity index (χ1) is 5.43.